The third-order valence-electron chi connectivity index (χ3n) is 3.86. The van der Waals surface area contributed by atoms with Gasteiger partial charge in [-0.15, -0.1) is 0 Å². The summed E-state index contributed by atoms with van der Waals surface area (Å²) >= 11 is 0. The largest absolute Gasteiger partial charge is 0.468 e. The Balaban J connectivity index is 1.70. The number of sulfonamides is 2. The summed E-state index contributed by atoms with van der Waals surface area (Å²) in [5.74, 6) is -0.0737. The van der Waals surface area contributed by atoms with Gasteiger partial charge in [-0.3, -0.25) is 4.79 Å². The fourth-order valence-electron chi connectivity index (χ4n) is 2.40. The molecule has 0 aliphatic heterocycles. The Labute approximate surface area is 167 Å². The van der Waals surface area contributed by atoms with E-state index in [1.165, 1.54) is 54.8 Å². The highest BCUT2D eigenvalue weighted by Gasteiger charge is 2.16. The van der Waals surface area contributed by atoms with Crippen LogP contribution in [0.3, 0.4) is 0 Å². The maximum absolute atomic E-state index is 12.3. The monoisotopic (exact) mass is 435 g/mol. The van der Waals surface area contributed by atoms with Crippen molar-refractivity contribution in [1.82, 2.24) is 4.72 Å². The summed E-state index contributed by atoms with van der Waals surface area (Å²) in [5, 5.41) is 7.61. The first kappa shape index (κ1) is 20.7. The molecule has 4 N–H and O–H groups in total. The van der Waals surface area contributed by atoms with Crippen LogP contribution in [-0.2, 0) is 26.6 Å². The van der Waals surface area contributed by atoms with Crippen LogP contribution in [0, 0.1) is 0 Å². The molecule has 0 aliphatic carbocycles. The van der Waals surface area contributed by atoms with E-state index < -0.39 is 26.0 Å². The van der Waals surface area contributed by atoms with Gasteiger partial charge in [0.2, 0.25) is 20.0 Å². The first-order valence-corrected chi connectivity index (χ1v) is 11.2. The van der Waals surface area contributed by atoms with Gasteiger partial charge >= 0.3 is 0 Å². The molecular weight excluding hydrogens is 418 g/mol. The van der Waals surface area contributed by atoms with Gasteiger partial charge in [-0.1, -0.05) is 6.07 Å². The van der Waals surface area contributed by atoms with E-state index in [2.05, 4.69) is 10.0 Å². The molecule has 29 heavy (non-hydrogen) atoms. The second-order valence-electron chi connectivity index (χ2n) is 5.96. The van der Waals surface area contributed by atoms with E-state index >= 15 is 0 Å². The maximum Gasteiger partial charge on any atom is 0.255 e. The molecule has 3 aromatic rings. The molecule has 1 amide bonds. The van der Waals surface area contributed by atoms with Gasteiger partial charge in [0.15, 0.2) is 0 Å². The topological polar surface area (TPSA) is 149 Å². The molecule has 1 heterocycles. The van der Waals surface area contributed by atoms with Gasteiger partial charge in [0, 0.05) is 11.3 Å². The maximum atomic E-state index is 12.3. The number of hydrogen-bond donors (Lipinski definition) is 3. The van der Waals surface area contributed by atoms with E-state index in [9.17, 15) is 21.6 Å². The summed E-state index contributed by atoms with van der Waals surface area (Å²) in [7, 11) is -7.68. The summed E-state index contributed by atoms with van der Waals surface area (Å²) in [6.45, 7) is -0.00202. The standard InChI is InChI=1S/C18H17N3O6S2/c19-28(23,24)17-5-1-3-14(11-17)21-18(22)13-6-8-16(9-7-13)29(25,26)20-12-15-4-2-10-27-15/h1-11,20H,12H2,(H,21,22)(H2,19,23,24). The molecule has 2 aromatic carbocycles. The average Bonchev–Trinajstić information content (AvgIpc) is 3.20. The van der Waals surface area contributed by atoms with Crippen molar-refractivity contribution in [3.05, 3.63) is 78.3 Å². The SMILES string of the molecule is NS(=O)(=O)c1cccc(NC(=O)c2ccc(S(=O)(=O)NCc3ccco3)cc2)c1. The number of anilines is 1. The van der Waals surface area contributed by atoms with E-state index in [1.54, 1.807) is 12.1 Å². The fourth-order valence-corrected chi connectivity index (χ4v) is 3.96. The molecular formula is C18H17N3O6S2. The molecule has 0 atom stereocenters. The highest BCUT2D eigenvalue weighted by molar-refractivity contribution is 7.89. The van der Waals surface area contributed by atoms with Gasteiger partial charge in [0.1, 0.15) is 5.76 Å². The van der Waals surface area contributed by atoms with Gasteiger partial charge in [0.25, 0.3) is 5.91 Å². The lowest BCUT2D eigenvalue weighted by atomic mass is 10.2. The smallest absolute Gasteiger partial charge is 0.255 e. The number of rotatable bonds is 7. The summed E-state index contributed by atoms with van der Waals surface area (Å²) in [5.41, 5.74) is 0.425. The first-order valence-electron chi connectivity index (χ1n) is 8.21. The van der Waals surface area contributed by atoms with Crippen LogP contribution in [0.2, 0.25) is 0 Å². The van der Waals surface area contributed by atoms with Crippen LogP contribution < -0.4 is 15.2 Å². The molecule has 0 unspecified atom stereocenters. The summed E-state index contributed by atoms with van der Waals surface area (Å²) in [4.78, 5) is 12.2. The van der Waals surface area contributed by atoms with Crippen molar-refractivity contribution in [3.63, 3.8) is 0 Å². The van der Waals surface area contributed by atoms with Crippen molar-refractivity contribution in [2.45, 2.75) is 16.3 Å². The number of furan rings is 1. The van der Waals surface area contributed by atoms with Crippen molar-refractivity contribution in [2.24, 2.45) is 5.14 Å². The number of primary sulfonamides is 1. The van der Waals surface area contributed by atoms with Crippen molar-refractivity contribution >= 4 is 31.6 Å². The lowest BCUT2D eigenvalue weighted by Gasteiger charge is -2.08. The normalized spacial score (nSPS) is 11.9. The van der Waals surface area contributed by atoms with Crippen LogP contribution in [0.4, 0.5) is 5.69 Å². The number of nitrogens with one attached hydrogen (secondary N) is 2. The minimum absolute atomic E-state index is 0.00202. The molecule has 0 aliphatic rings. The molecule has 11 heteroatoms. The second kappa shape index (κ2) is 8.17. The molecule has 0 radical (unpaired) electrons. The highest BCUT2D eigenvalue weighted by Crippen LogP contribution is 2.16. The van der Waals surface area contributed by atoms with Gasteiger partial charge in [0.05, 0.1) is 22.6 Å². The molecule has 0 saturated heterocycles. The van der Waals surface area contributed by atoms with E-state index in [1.807, 2.05) is 0 Å². The minimum atomic E-state index is -3.90. The van der Waals surface area contributed by atoms with Crippen LogP contribution >= 0.6 is 0 Å². The zero-order valence-electron chi connectivity index (χ0n) is 14.9. The zero-order chi connectivity index (χ0) is 21.1. The highest BCUT2D eigenvalue weighted by atomic mass is 32.2. The minimum Gasteiger partial charge on any atom is -0.468 e. The number of carbonyl (C=O) groups is 1. The van der Waals surface area contributed by atoms with E-state index in [-0.39, 0.29) is 27.6 Å². The predicted molar refractivity (Wildman–Crippen MR) is 105 cm³/mol. The molecule has 0 fully saturated rings. The molecule has 0 saturated carbocycles. The Morgan fingerprint density at radius 1 is 0.931 bits per heavy atom. The fraction of sp³-hybridized carbons (Fsp3) is 0.0556. The summed E-state index contributed by atoms with van der Waals surface area (Å²) in [6, 6.07) is 14.0. The van der Waals surface area contributed by atoms with E-state index in [0.29, 0.717) is 5.76 Å². The van der Waals surface area contributed by atoms with Crippen LogP contribution in [0.1, 0.15) is 16.1 Å². The second-order valence-corrected chi connectivity index (χ2v) is 9.28. The van der Waals surface area contributed by atoms with Crippen LogP contribution in [-0.4, -0.2) is 22.7 Å². The number of nitrogens with two attached hydrogens (primary N) is 1. The Morgan fingerprint density at radius 2 is 1.66 bits per heavy atom. The molecule has 3 rings (SSSR count). The van der Waals surface area contributed by atoms with Gasteiger partial charge in [-0.25, -0.2) is 26.7 Å². The van der Waals surface area contributed by atoms with Gasteiger partial charge in [-0.05, 0) is 54.6 Å². The lowest BCUT2D eigenvalue weighted by Crippen LogP contribution is -2.23. The molecule has 1 aromatic heterocycles. The Hall–Kier alpha value is -2.99. The number of benzene rings is 2. The number of hydrogen-bond acceptors (Lipinski definition) is 6. The van der Waals surface area contributed by atoms with Crippen molar-refractivity contribution < 1.29 is 26.0 Å². The Kier molecular flexibility index (Phi) is 5.84. The summed E-state index contributed by atoms with van der Waals surface area (Å²) < 4.78 is 54.9. The van der Waals surface area contributed by atoms with E-state index in [0.717, 1.165) is 0 Å². The van der Waals surface area contributed by atoms with E-state index in [4.69, 9.17) is 9.56 Å². The predicted octanol–water partition coefficient (Wildman–Crippen LogP) is 1.66. The first-order chi connectivity index (χ1) is 13.6. The van der Waals surface area contributed by atoms with Crippen molar-refractivity contribution in [3.8, 4) is 0 Å². The molecule has 0 spiro atoms. The molecule has 152 valence electrons. The van der Waals surface area contributed by atoms with Crippen molar-refractivity contribution in [1.29, 1.82) is 0 Å². The zero-order valence-corrected chi connectivity index (χ0v) is 16.5. The van der Waals surface area contributed by atoms with Crippen LogP contribution in [0.25, 0.3) is 0 Å². The van der Waals surface area contributed by atoms with Gasteiger partial charge < -0.3 is 9.73 Å². The number of amides is 1. The van der Waals surface area contributed by atoms with Crippen molar-refractivity contribution in [2.75, 3.05) is 5.32 Å². The van der Waals surface area contributed by atoms with Crippen LogP contribution in [0.15, 0.2) is 81.1 Å². The Bertz CT molecular complexity index is 1220. The third kappa shape index (κ3) is 5.29. The Morgan fingerprint density at radius 3 is 2.28 bits per heavy atom. The average molecular weight is 435 g/mol. The van der Waals surface area contributed by atoms with Gasteiger partial charge in [-0.2, -0.15) is 0 Å². The molecule has 0 bridgehead atoms. The summed E-state index contributed by atoms with van der Waals surface area (Å²) in [6.07, 6.45) is 1.44. The molecule has 9 nitrogen and oxygen atoms in total. The number of carbonyl (C=O) groups excluding carboxylic acids is 1. The third-order valence-corrected chi connectivity index (χ3v) is 6.19. The lowest BCUT2D eigenvalue weighted by molar-refractivity contribution is 0.102. The van der Waals surface area contributed by atoms with Crippen LogP contribution in [0.5, 0.6) is 0 Å². The quantitative estimate of drug-likeness (QED) is 0.514.